The van der Waals surface area contributed by atoms with Gasteiger partial charge in [-0.1, -0.05) is 6.92 Å². The first-order valence-electron chi connectivity index (χ1n) is 7.17. The third-order valence-electron chi connectivity index (χ3n) is 4.22. The molecule has 0 amide bonds. The van der Waals surface area contributed by atoms with Gasteiger partial charge in [-0.25, -0.2) is 0 Å². The third-order valence-corrected chi connectivity index (χ3v) is 5.36. The van der Waals surface area contributed by atoms with Gasteiger partial charge in [0.2, 0.25) is 0 Å². The number of hydrogen-bond acceptors (Lipinski definition) is 4. The van der Waals surface area contributed by atoms with Crippen LogP contribution in [0.15, 0.2) is 0 Å². The number of thioether (sulfide) groups is 1. The zero-order valence-electron chi connectivity index (χ0n) is 12.8. The Labute approximate surface area is 118 Å². The van der Waals surface area contributed by atoms with Gasteiger partial charge in [0.1, 0.15) is 0 Å². The van der Waals surface area contributed by atoms with Crippen molar-refractivity contribution < 1.29 is 0 Å². The second kappa shape index (κ2) is 7.73. The van der Waals surface area contributed by atoms with Crippen LogP contribution in [0.1, 0.15) is 26.7 Å². The summed E-state index contributed by atoms with van der Waals surface area (Å²) in [6, 6.07) is 0.617. The average molecular weight is 273 g/mol. The number of rotatable bonds is 7. The average Bonchev–Trinajstić information content (AvgIpc) is 2.35. The predicted octanol–water partition coefficient (Wildman–Crippen LogP) is 1.74. The summed E-state index contributed by atoms with van der Waals surface area (Å²) in [7, 11) is 6.70. The van der Waals surface area contributed by atoms with Crippen molar-refractivity contribution in [3.63, 3.8) is 0 Å². The lowest BCUT2D eigenvalue weighted by molar-refractivity contribution is 0.0645. The minimum Gasteiger partial charge on any atom is -0.312 e. The van der Waals surface area contributed by atoms with Crippen LogP contribution in [0.4, 0.5) is 0 Å². The molecule has 0 radical (unpaired) electrons. The summed E-state index contributed by atoms with van der Waals surface area (Å²) >= 11 is 2.03. The Kier molecular flexibility index (Phi) is 6.99. The predicted molar refractivity (Wildman–Crippen MR) is 83.6 cm³/mol. The second-order valence-electron chi connectivity index (χ2n) is 5.86. The van der Waals surface area contributed by atoms with Gasteiger partial charge in [-0.15, -0.1) is 0 Å². The Morgan fingerprint density at radius 3 is 2.44 bits per heavy atom. The van der Waals surface area contributed by atoms with Crippen molar-refractivity contribution in [3.8, 4) is 0 Å². The SMILES string of the molecule is CCSCC(C)NCC1(N(C)C)CCN(C)CC1. The van der Waals surface area contributed by atoms with Gasteiger partial charge in [-0.05, 0) is 59.8 Å². The smallest absolute Gasteiger partial charge is 0.0352 e. The lowest BCUT2D eigenvalue weighted by Crippen LogP contribution is -2.58. The molecular weight excluding hydrogens is 242 g/mol. The van der Waals surface area contributed by atoms with E-state index in [9.17, 15) is 0 Å². The van der Waals surface area contributed by atoms with E-state index in [2.05, 4.69) is 50.1 Å². The van der Waals surface area contributed by atoms with Crippen LogP contribution in [0, 0.1) is 0 Å². The summed E-state index contributed by atoms with van der Waals surface area (Å²) in [5.74, 6) is 2.44. The first-order chi connectivity index (χ1) is 8.50. The highest BCUT2D eigenvalue weighted by molar-refractivity contribution is 7.99. The molecular formula is C14H31N3S. The molecule has 0 aromatic heterocycles. The van der Waals surface area contributed by atoms with E-state index in [1.807, 2.05) is 11.8 Å². The van der Waals surface area contributed by atoms with Gasteiger partial charge in [0.15, 0.2) is 0 Å². The van der Waals surface area contributed by atoms with Crippen molar-refractivity contribution in [2.75, 3.05) is 52.3 Å². The van der Waals surface area contributed by atoms with Crippen molar-refractivity contribution in [2.24, 2.45) is 0 Å². The number of piperidine rings is 1. The molecule has 1 aliphatic rings. The van der Waals surface area contributed by atoms with Crippen LogP contribution in [0.5, 0.6) is 0 Å². The quantitative estimate of drug-likeness (QED) is 0.761. The fourth-order valence-electron chi connectivity index (χ4n) is 2.53. The molecule has 3 nitrogen and oxygen atoms in total. The number of nitrogens with zero attached hydrogens (tertiary/aromatic N) is 2. The van der Waals surface area contributed by atoms with E-state index in [4.69, 9.17) is 0 Å². The summed E-state index contributed by atoms with van der Waals surface area (Å²) in [6.45, 7) is 8.10. The topological polar surface area (TPSA) is 18.5 Å². The Balaban J connectivity index is 2.43. The van der Waals surface area contributed by atoms with Gasteiger partial charge in [0.05, 0.1) is 0 Å². The summed E-state index contributed by atoms with van der Waals surface area (Å²) < 4.78 is 0. The van der Waals surface area contributed by atoms with Crippen molar-refractivity contribution in [2.45, 2.75) is 38.3 Å². The van der Waals surface area contributed by atoms with Gasteiger partial charge in [0, 0.05) is 23.9 Å². The first-order valence-corrected chi connectivity index (χ1v) is 8.33. The largest absolute Gasteiger partial charge is 0.312 e. The van der Waals surface area contributed by atoms with Gasteiger partial charge in [-0.2, -0.15) is 11.8 Å². The maximum Gasteiger partial charge on any atom is 0.0352 e. The highest BCUT2D eigenvalue weighted by Gasteiger charge is 2.35. The van der Waals surface area contributed by atoms with Gasteiger partial charge in [-0.3, -0.25) is 0 Å². The fourth-order valence-corrected chi connectivity index (χ4v) is 3.24. The van der Waals surface area contributed by atoms with Gasteiger partial charge in [0.25, 0.3) is 0 Å². The van der Waals surface area contributed by atoms with Gasteiger partial charge >= 0.3 is 0 Å². The molecule has 0 saturated carbocycles. The Hall–Kier alpha value is 0.230. The Bertz CT molecular complexity index is 225. The lowest BCUT2D eigenvalue weighted by atomic mass is 9.86. The van der Waals surface area contributed by atoms with Crippen LogP contribution in [0.25, 0.3) is 0 Å². The van der Waals surface area contributed by atoms with E-state index < -0.39 is 0 Å². The molecule has 0 bridgehead atoms. The monoisotopic (exact) mass is 273 g/mol. The Morgan fingerprint density at radius 2 is 1.94 bits per heavy atom. The summed E-state index contributed by atoms with van der Waals surface area (Å²) in [5.41, 5.74) is 0.359. The van der Waals surface area contributed by atoms with E-state index in [0.29, 0.717) is 11.6 Å². The zero-order valence-corrected chi connectivity index (χ0v) is 13.6. The van der Waals surface area contributed by atoms with Crippen LogP contribution < -0.4 is 5.32 Å². The number of hydrogen-bond donors (Lipinski definition) is 1. The van der Waals surface area contributed by atoms with Crippen LogP contribution in [0.2, 0.25) is 0 Å². The molecule has 1 saturated heterocycles. The van der Waals surface area contributed by atoms with Crippen molar-refractivity contribution >= 4 is 11.8 Å². The summed E-state index contributed by atoms with van der Waals surface area (Å²) in [4.78, 5) is 4.88. The molecule has 1 heterocycles. The van der Waals surface area contributed by atoms with Crippen molar-refractivity contribution in [1.82, 2.24) is 15.1 Å². The third kappa shape index (κ3) is 4.72. The maximum atomic E-state index is 3.74. The molecule has 1 fully saturated rings. The maximum absolute atomic E-state index is 3.74. The standard InChI is InChI=1S/C14H31N3S/c1-6-18-11-13(2)15-12-14(16(3)4)7-9-17(5)10-8-14/h13,15H,6-12H2,1-5H3. The van der Waals surface area contributed by atoms with Crippen LogP contribution in [-0.4, -0.2) is 73.7 Å². The first kappa shape index (κ1) is 16.3. The zero-order chi connectivity index (χ0) is 13.6. The van der Waals surface area contributed by atoms with Crippen molar-refractivity contribution in [3.05, 3.63) is 0 Å². The molecule has 4 heteroatoms. The van der Waals surface area contributed by atoms with Crippen LogP contribution in [0.3, 0.4) is 0 Å². The van der Waals surface area contributed by atoms with E-state index in [0.717, 1.165) is 6.54 Å². The molecule has 108 valence electrons. The highest BCUT2D eigenvalue weighted by atomic mass is 32.2. The minimum absolute atomic E-state index is 0.359. The highest BCUT2D eigenvalue weighted by Crippen LogP contribution is 2.26. The molecule has 0 spiro atoms. The molecule has 1 atom stereocenters. The number of likely N-dealkylation sites (N-methyl/N-ethyl adjacent to an activating group) is 1. The van der Waals surface area contributed by atoms with E-state index in [1.165, 1.54) is 37.4 Å². The molecule has 1 unspecified atom stereocenters. The molecule has 18 heavy (non-hydrogen) atoms. The van der Waals surface area contributed by atoms with Crippen LogP contribution >= 0.6 is 11.8 Å². The molecule has 1 aliphatic heterocycles. The summed E-state index contributed by atoms with van der Waals surface area (Å²) in [5, 5.41) is 3.74. The second-order valence-corrected chi connectivity index (χ2v) is 7.18. The molecule has 0 aliphatic carbocycles. The fraction of sp³-hybridized carbons (Fsp3) is 1.00. The number of likely N-dealkylation sites (tertiary alicyclic amines) is 1. The minimum atomic E-state index is 0.359. The number of nitrogens with one attached hydrogen (secondary N) is 1. The van der Waals surface area contributed by atoms with Crippen LogP contribution in [-0.2, 0) is 0 Å². The van der Waals surface area contributed by atoms with E-state index in [-0.39, 0.29) is 0 Å². The normalized spacial score (nSPS) is 22.3. The molecule has 0 aromatic carbocycles. The molecule has 0 aromatic rings. The van der Waals surface area contributed by atoms with Gasteiger partial charge < -0.3 is 15.1 Å². The van der Waals surface area contributed by atoms with E-state index in [1.54, 1.807) is 0 Å². The molecule has 1 rings (SSSR count). The molecule has 1 N–H and O–H groups in total. The van der Waals surface area contributed by atoms with E-state index >= 15 is 0 Å². The lowest BCUT2D eigenvalue weighted by Gasteiger charge is -2.46. The summed E-state index contributed by atoms with van der Waals surface area (Å²) in [6.07, 6.45) is 2.55. The Morgan fingerprint density at radius 1 is 1.33 bits per heavy atom. The van der Waals surface area contributed by atoms with Crippen molar-refractivity contribution in [1.29, 1.82) is 0 Å².